The van der Waals surface area contributed by atoms with E-state index in [4.69, 9.17) is 0 Å². The zero-order valence-corrected chi connectivity index (χ0v) is 10.4. The molecule has 3 heteroatoms. The van der Waals surface area contributed by atoms with E-state index in [0.717, 1.165) is 15.8 Å². The Morgan fingerprint density at radius 1 is 1.27 bits per heavy atom. The number of aromatic amines is 1. The molecule has 0 bridgehead atoms. The van der Waals surface area contributed by atoms with Crippen LogP contribution in [-0.4, -0.2) is 15.4 Å². The molecule has 2 aromatic rings. The highest BCUT2D eigenvalue weighted by atomic mass is 32.2. The lowest BCUT2D eigenvalue weighted by Crippen LogP contribution is -1.83. The first-order chi connectivity index (χ1) is 7.18. The fourth-order valence-corrected chi connectivity index (χ4v) is 2.16. The van der Waals surface area contributed by atoms with Crippen molar-refractivity contribution in [3.63, 3.8) is 0 Å². The number of aromatic nitrogens is 1. The van der Waals surface area contributed by atoms with Crippen molar-refractivity contribution in [2.45, 2.75) is 25.7 Å². The van der Waals surface area contributed by atoms with E-state index < -0.39 is 10.8 Å². The molecule has 1 heterocycles. The Bertz CT molecular complexity index is 473. The molecule has 0 amide bonds. The first-order valence-corrected chi connectivity index (χ1v) is 6.65. The van der Waals surface area contributed by atoms with Gasteiger partial charge in [-0.05, 0) is 18.6 Å². The Hall–Kier alpha value is -1.09. The summed E-state index contributed by atoms with van der Waals surface area (Å²) < 4.78 is 11.3. The van der Waals surface area contributed by atoms with Crippen molar-refractivity contribution >= 4 is 21.7 Å². The van der Waals surface area contributed by atoms with E-state index in [-0.39, 0.29) is 0 Å². The first-order valence-electron chi connectivity index (χ1n) is 5.09. The molecule has 1 aromatic carbocycles. The molecule has 0 aliphatic carbocycles. The van der Waals surface area contributed by atoms with Crippen LogP contribution in [0.5, 0.6) is 0 Å². The molecule has 82 valence electrons. The predicted molar refractivity (Wildman–Crippen MR) is 66.7 cm³/mol. The standard InChI is InChI=1S/C10H11NOS.C2H6/c1-7-3-4-8-9(5-7)11-6-10(8)13(2)12;1-2/h3-6,11H,1-2H3;1-2H3. The van der Waals surface area contributed by atoms with Crippen LogP contribution in [-0.2, 0) is 10.8 Å². The summed E-state index contributed by atoms with van der Waals surface area (Å²) in [6, 6.07) is 6.11. The van der Waals surface area contributed by atoms with Crippen LogP contribution in [0.2, 0.25) is 0 Å². The molecule has 2 rings (SSSR count). The molecule has 0 aliphatic heterocycles. The Balaban J connectivity index is 0.000000531. The van der Waals surface area contributed by atoms with E-state index in [1.165, 1.54) is 5.56 Å². The number of fused-ring (bicyclic) bond motifs is 1. The summed E-state index contributed by atoms with van der Waals surface area (Å²) in [5.41, 5.74) is 2.27. The molecule has 1 atom stereocenters. The van der Waals surface area contributed by atoms with Gasteiger partial charge in [0.15, 0.2) is 0 Å². The van der Waals surface area contributed by atoms with Gasteiger partial charge in [-0.15, -0.1) is 0 Å². The van der Waals surface area contributed by atoms with Gasteiger partial charge in [-0.1, -0.05) is 26.0 Å². The van der Waals surface area contributed by atoms with E-state index >= 15 is 0 Å². The molecule has 0 fully saturated rings. The van der Waals surface area contributed by atoms with E-state index in [1.807, 2.05) is 39.1 Å². The Kier molecular flexibility index (Phi) is 4.09. The Labute approximate surface area is 93.2 Å². The van der Waals surface area contributed by atoms with Gasteiger partial charge in [0.1, 0.15) is 0 Å². The van der Waals surface area contributed by atoms with E-state index in [9.17, 15) is 4.21 Å². The minimum atomic E-state index is -0.910. The Morgan fingerprint density at radius 2 is 1.93 bits per heavy atom. The number of H-pyrrole nitrogens is 1. The summed E-state index contributed by atoms with van der Waals surface area (Å²) in [7, 11) is -0.910. The summed E-state index contributed by atoms with van der Waals surface area (Å²) in [4.78, 5) is 4.00. The lowest BCUT2D eigenvalue weighted by molar-refractivity contribution is 0.687. The van der Waals surface area contributed by atoms with Gasteiger partial charge in [-0.25, -0.2) is 0 Å². The highest BCUT2D eigenvalue weighted by Crippen LogP contribution is 2.21. The van der Waals surface area contributed by atoms with Crippen LogP contribution in [0.15, 0.2) is 29.3 Å². The average molecular weight is 223 g/mol. The van der Waals surface area contributed by atoms with Crippen molar-refractivity contribution in [2.24, 2.45) is 0 Å². The van der Waals surface area contributed by atoms with Crippen LogP contribution in [0.1, 0.15) is 19.4 Å². The van der Waals surface area contributed by atoms with Crippen molar-refractivity contribution in [2.75, 3.05) is 6.26 Å². The minimum Gasteiger partial charge on any atom is -0.360 e. The zero-order valence-electron chi connectivity index (χ0n) is 9.63. The highest BCUT2D eigenvalue weighted by molar-refractivity contribution is 7.84. The summed E-state index contributed by atoms with van der Waals surface area (Å²) in [6.45, 7) is 6.04. The topological polar surface area (TPSA) is 32.9 Å². The maximum atomic E-state index is 11.3. The van der Waals surface area contributed by atoms with Crippen LogP contribution in [0, 0.1) is 6.92 Å². The second-order valence-electron chi connectivity index (χ2n) is 3.16. The predicted octanol–water partition coefficient (Wildman–Crippen LogP) is 3.24. The quantitative estimate of drug-likeness (QED) is 0.791. The van der Waals surface area contributed by atoms with Crippen molar-refractivity contribution < 1.29 is 4.21 Å². The summed E-state index contributed by atoms with van der Waals surface area (Å²) in [5, 5.41) is 1.06. The van der Waals surface area contributed by atoms with Gasteiger partial charge in [-0.3, -0.25) is 4.21 Å². The van der Waals surface area contributed by atoms with Crippen molar-refractivity contribution in [3.8, 4) is 0 Å². The van der Waals surface area contributed by atoms with Crippen LogP contribution in [0.25, 0.3) is 10.9 Å². The number of hydrogen-bond donors (Lipinski definition) is 1. The molecular formula is C12H17NOS. The second kappa shape index (κ2) is 5.12. The molecule has 0 aliphatic rings. The molecule has 0 spiro atoms. The van der Waals surface area contributed by atoms with Gasteiger partial charge in [0.25, 0.3) is 0 Å². The summed E-state index contributed by atoms with van der Waals surface area (Å²) >= 11 is 0. The van der Waals surface area contributed by atoms with E-state index in [2.05, 4.69) is 11.1 Å². The largest absolute Gasteiger partial charge is 0.360 e. The lowest BCUT2D eigenvalue weighted by Gasteiger charge is -1.94. The summed E-state index contributed by atoms with van der Waals surface area (Å²) in [6.07, 6.45) is 3.52. The average Bonchev–Trinajstić information content (AvgIpc) is 2.63. The van der Waals surface area contributed by atoms with Gasteiger partial charge < -0.3 is 4.98 Å². The summed E-state index contributed by atoms with van der Waals surface area (Å²) in [5.74, 6) is 0. The number of benzene rings is 1. The fraction of sp³-hybridized carbons (Fsp3) is 0.333. The molecule has 0 radical (unpaired) electrons. The molecule has 0 saturated carbocycles. The van der Waals surface area contributed by atoms with Gasteiger partial charge in [0, 0.05) is 23.4 Å². The third-order valence-corrected chi connectivity index (χ3v) is 3.07. The molecule has 1 aromatic heterocycles. The van der Waals surface area contributed by atoms with Gasteiger partial charge in [0.05, 0.1) is 15.7 Å². The fourth-order valence-electron chi connectivity index (χ4n) is 1.45. The van der Waals surface area contributed by atoms with E-state index in [0.29, 0.717) is 0 Å². The van der Waals surface area contributed by atoms with Gasteiger partial charge in [-0.2, -0.15) is 0 Å². The van der Waals surface area contributed by atoms with E-state index in [1.54, 1.807) is 6.26 Å². The van der Waals surface area contributed by atoms with Gasteiger partial charge in [0.2, 0.25) is 0 Å². The number of hydrogen-bond acceptors (Lipinski definition) is 1. The van der Waals surface area contributed by atoms with Crippen molar-refractivity contribution in [1.82, 2.24) is 4.98 Å². The molecule has 2 nitrogen and oxygen atoms in total. The second-order valence-corrected chi connectivity index (χ2v) is 4.50. The monoisotopic (exact) mass is 223 g/mol. The zero-order chi connectivity index (χ0) is 11.4. The number of nitrogens with one attached hydrogen (secondary N) is 1. The lowest BCUT2D eigenvalue weighted by atomic mass is 10.2. The molecule has 15 heavy (non-hydrogen) atoms. The normalized spacial score (nSPS) is 12.0. The van der Waals surface area contributed by atoms with Crippen molar-refractivity contribution in [1.29, 1.82) is 0 Å². The molecule has 0 saturated heterocycles. The van der Waals surface area contributed by atoms with Gasteiger partial charge >= 0.3 is 0 Å². The SMILES string of the molecule is CC.Cc1ccc2c(S(C)=O)c[nH]c2c1. The van der Waals surface area contributed by atoms with Crippen LogP contribution in [0.3, 0.4) is 0 Å². The first kappa shape index (κ1) is 12.0. The molecule has 1 N–H and O–H groups in total. The number of rotatable bonds is 1. The highest BCUT2D eigenvalue weighted by Gasteiger charge is 2.05. The number of aryl methyl sites for hydroxylation is 1. The van der Waals surface area contributed by atoms with Crippen molar-refractivity contribution in [3.05, 3.63) is 30.0 Å². The third-order valence-electron chi connectivity index (χ3n) is 2.11. The maximum Gasteiger partial charge on any atom is 0.0638 e. The van der Waals surface area contributed by atoms with Crippen LogP contribution < -0.4 is 0 Å². The van der Waals surface area contributed by atoms with Crippen LogP contribution >= 0.6 is 0 Å². The molecular weight excluding hydrogens is 206 g/mol. The Morgan fingerprint density at radius 3 is 2.53 bits per heavy atom. The maximum absolute atomic E-state index is 11.3. The minimum absolute atomic E-state index is 0.884. The smallest absolute Gasteiger partial charge is 0.0638 e. The third kappa shape index (κ3) is 2.48. The van der Waals surface area contributed by atoms with Crippen LogP contribution in [0.4, 0.5) is 0 Å². The molecule has 1 unspecified atom stereocenters.